The van der Waals surface area contributed by atoms with Gasteiger partial charge in [0.1, 0.15) is 5.82 Å². The normalized spacial score (nSPS) is 25.1. The van der Waals surface area contributed by atoms with Crippen LogP contribution < -0.4 is 0 Å². The van der Waals surface area contributed by atoms with Crippen LogP contribution in [0.2, 0.25) is 0 Å². The molecular weight excluding hydrogens is 229 g/mol. The molecule has 0 unspecified atom stereocenters. The first-order chi connectivity index (χ1) is 8.50. The summed E-state index contributed by atoms with van der Waals surface area (Å²) in [5, 5.41) is 8.31. The van der Waals surface area contributed by atoms with Gasteiger partial charge in [0.25, 0.3) is 0 Å². The fraction of sp³-hybridized carbons (Fsp3) is 0.429. The van der Waals surface area contributed by atoms with Crippen LogP contribution in [0, 0.1) is 17.2 Å². The van der Waals surface area contributed by atoms with Gasteiger partial charge in [0, 0.05) is 5.92 Å². The van der Waals surface area contributed by atoms with Crippen molar-refractivity contribution in [2.24, 2.45) is 11.3 Å². The van der Waals surface area contributed by atoms with Crippen molar-refractivity contribution in [2.45, 2.75) is 26.7 Å². The number of hydrogen-bond donors (Lipinski definition) is 0. The van der Waals surface area contributed by atoms with E-state index in [1.807, 2.05) is 12.3 Å². The Morgan fingerprint density at radius 3 is 2.67 bits per heavy atom. The third-order valence-electron chi connectivity index (χ3n) is 4.27. The quantitative estimate of drug-likeness (QED) is 0.813. The van der Waals surface area contributed by atoms with Crippen LogP contribution in [0.3, 0.4) is 0 Å². The Bertz CT molecular complexity index is 588. The molecule has 1 aliphatic carbocycles. The zero-order valence-corrected chi connectivity index (χ0v) is 10.8. The molecule has 0 spiro atoms. The number of benzene rings is 1. The van der Waals surface area contributed by atoms with Crippen molar-refractivity contribution in [1.82, 2.24) is 15.0 Å². The van der Waals surface area contributed by atoms with E-state index >= 15 is 0 Å². The van der Waals surface area contributed by atoms with Gasteiger partial charge in [-0.15, -0.1) is 5.10 Å². The topological polar surface area (TPSA) is 30.7 Å². The Kier molecular flexibility index (Phi) is 2.30. The lowest BCUT2D eigenvalue weighted by atomic mass is 10.1. The number of nitrogens with zero attached hydrogens (tertiary/aromatic N) is 3. The molecular formula is C14H16FN3. The summed E-state index contributed by atoms with van der Waals surface area (Å²) in [6, 6.07) is 6.38. The van der Waals surface area contributed by atoms with E-state index in [-0.39, 0.29) is 5.82 Å². The summed E-state index contributed by atoms with van der Waals surface area (Å²) < 4.78 is 14.8. The fourth-order valence-corrected chi connectivity index (χ4v) is 2.70. The molecule has 1 aliphatic rings. The van der Waals surface area contributed by atoms with Crippen molar-refractivity contribution in [3.05, 3.63) is 42.0 Å². The van der Waals surface area contributed by atoms with Crippen molar-refractivity contribution in [3.8, 4) is 5.69 Å². The Labute approximate surface area is 106 Å². The molecule has 2 aromatic rings. The number of aromatic nitrogens is 3. The Morgan fingerprint density at radius 2 is 2.06 bits per heavy atom. The summed E-state index contributed by atoms with van der Waals surface area (Å²) in [7, 11) is 0. The highest BCUT2D eigenvalue weighted by molar-refractivity contribution is 5.32. The van der Waals surface area contributed by atoms with Gasteiger partial charge in [0.2, 0.25) is 0 Å². The molecule has 1 aromatic carbocycles. The third kappa shape index (κ3) is 1.64. The summed E-state index contributed by atoms with van der Waals surface area (Å²) in [6.07, 6.45) is 1.91. The first-order valence-electron chi connectivity index (χ1n) is 6.18. The second-order valence-corrected chi connectivity index (χ2v) is 5.66. The summed E-state index contributed by atoms with van der Waals surface area (Å²) in [4.78, 5) is 0. The van der Waals surface area contributed by atoms with E-state index in [9.17, 15) is 4.39 Å². The van der Waals surface area contributed by atoms with E-state index in [1.54, 1.807) is 10.7 Å². The summed E-state index contributed by atoms with van der Waals surface area (Å²) >= 11 is 0. The highest BCUT2D eigenvalue weighted by Gasteiger charge is 2.56. The number of hydrogen-bond acceptors (Lipinski definition) is 2. The average molecular weight is 245 g/mol. The molecule has 1 saturated carbocycles. The molecule has 3 nitrogen and oxygen atoms in total. The van der Waals surface area contributed by atoms with Crippen LogP contribution in [0.5, 0.6) is 0 Å². The number of rotatable bonds is 2. The summed E-state index contributed by atoms with van der Waals surface area (Å²) in [5.41, 5.74) is 2.00. The van der Waals surface area contributed by atoms with E-state index in [2.05, 4.69) is 31.1 Å². The van der Waals surface area contributed by atoms with Crippen molar-refractivity contribution in [1.29, 1.82) is 0 Å². The molecule has 1 fully saturated rings. The predicted molar refractivity (Wildman–Crippen MR) is 67.0 cm³/mol. The standard InChI is InChI=1S/C14H16FN3/c1-9-13(14(9,2)3)12-8-18(17-16-12)11-6-4-5-10(15)7-11/h4-9,13H,1-3H3/t9-,13+/m1/s1. The SMILES string of the molecule is C[C@@H]1[C@@H](c2cn(-c3cccc(F)c3)nn2)C1(C)C. The van der Waals surface area contributed by atoms with E-state index in [0.717, 1.165) is 5.69 Å². The van der Waals surface area contributed by atoms with Crippen molar-refractivity contribution >= 4 is 0 Å². The van der Waals surface area contributed by atoms with Gasteiger partial charge in [-0.3, -0.25) is 0 Å². The van der Waals surface area contributed by atoms with Gasteiger partial charge >= 0.3 is 0 Å². The minimum atomic E-state index is -0.260. The lowest BCUT2D eigenvalue weighted by molar-refractivity contribution is 0.573. The molecule has 1 heterocycles. The Morgan fingerprint density at radius 1 is 1.33 bits per heavy atom. The maximum atomic E-state index is 13.2. The van der Waals surface area contributed by atoms with Crippen LogP contribution in [0.1, 0.15) is 32.4 Å². The summed E-state index contributed by atoms with van der Waals surface area (Å²) in [5.74, 6) is 0.819. The van der Waals surface area contributed by atoms with Gasteiger partial charge in [-0.2, -0.15) is 0 Å². The van der Waals surface area contributed by atoms with Gasteiger partial charge in [-0.25, -0.2) is 9.07 Å². The molecule has 0 bridgehead atoms. The Hall–Kier alpha value is -1.71. The monoisotopic (exact) mass is 245 g/mol. The molecule has 3 rings (SSSR count). The molecule has 94 valence electrons. The smallest absolute Gasteiger partial charge is 0.125 e. The molecule has 0 N–H and O–H groups in total. The highest BCUT2D eigenvalue weighted by atomic mass is 19.1. The van der Waals surface area contributed by atoms with Crippen LogP contribution in [-0.4, -0.2) is 15.0 Å². The molecule has 0 aliphatic heterocycles. The lowest BCUT2D eigenvalue weighted by Crippen LogP contribution is -1.94. The molecule has 18 heavy (non-hydrogen) atoms. The summed E-state index contributed by atoms with van der Waals surface area (Å²) in [6.45, 7) is 6.71. The molecule has 4 heteroatoms. The van der Waals surface area contributed by atoms with Gasteiger partial charge in [0.15, 0.2) is 0 Å². The average Bonchev–Trinajstić information content (AvgIpc) is 2.68. The molecule has 0 amide bonds. The number of halogens is 1. The van der Waals surface area contributed by atoms with Crippen LogP contribution >= 0.6 is 0 Å². The van der Waals surface area contributed by atoms with E-state index in [1.165, 1.54) is 12.1 Å². The largest absolute Gasteiger partial charge is 0.220 e. The van der Waals surface area contributed by atoms with Crippen LogP contribution in [0.25, 0.3) is 5.69 Å². The molecule has 2 atom stereocenters. The zero-order valence-electron chi connectivity index (χ0n) is 10.8. The minimum Gasteiger partial charge on any atom is -0.220 e. The predicted octanol–water partition coefficient (Wildman–Crippen LogP) is 3.17. The molecule has 0 saturated heterocycles. The van der Waals surface area contributed by atoms with Gasteiger partial charge in [0.05, 0.1) is 17.6 Å². The first kappa shape index (κ1) is 11.4. The molecule has 0 radical (unpaired) electrons. The van der Waals surface area contributed by atoms with Gasteiger partial charge in [-0.05, 0) is 29.5 Å². The van der Waals surface area contributed by atoms with E-state index < -0.39 is 0 Å². The fourth-order valence-electron chi connectivity index (χ4n) is 2.70. The van der Waals surface area contributed by atoms with Crippen molar-refractivity contribution in [3.63, 3.8) is 0 Å². The molecule has 1 aromatic heterocycles. The minimum absolute atomic E-state index is 0.260. The second-order valence-electron chi connectivity index (χ2n) is 5.66. The maximum absolute atomic E-state index is 13.2. The van der Waals surface area contributed by atoms with Crippen molar-refractivity contribution in [2.75, 3.05) is 0 Å². The Balaban J connectivity index is 1.91. The van der Waals surface area contributed by atoms with Crippen LogP contribution in [0.4, 0.5) is 4.39 Å². The van der Waals surface area contributed by atoms with Crippen molar-refractivity contribution < 1.29 is 4.39 Å². The van der Waals surface area contributed by atoms with Crippen LogP contribution in [0.15, 0.2) is 30.5 Å². The third-order valence-corrected chi connectivity index (χ3v) is 4.27. The second kappa shape index (κ2) is 3.64. The maximum Gasteiger partial charge on any atom is 0.125 e. The van der Waals surface area contributed by atoms with Gasteiger partial charge < -0.3 is 0 Å². The lowest BCUT2D eigenvalue weighted by Gasteiger charge is -1.99. The van der Waals surface area contributed by atoms with Crippen LogP contribution in [-0.2, 0) is 0 Å². The first-order valence-corrected chi connectivity index (χ1v) is 6.18. The van der Waals surface area contributed by atoms with E-state index in [4.69, 9.17) is 0 Å². The zero-order chi connectivity index (χ0) is 12.9. The highest BCUT2D eigenvalue weighted by Crippen LogP contribution is 2.63. The van der Waals surface area contributed by atoms with Gasteiger partial charge in [-0.1, -0.05) is 32.1 Å². The van der Waals surface area contributed by atoms with E-state index in [0.29, 0.717) is 22.9 Å².